The molecule has 8 aromatic rings. The normalized spacial score (nSPS) is 13.8. The molecule has 19 heteroatoms. The van der Waals surface area contributed by atoms with Gasteiger partial charge >= 0.3 is 5.69 Å². The van der Waals surface area contributed by atoms with Gasteiger partial charge in [0.2, 0.25) is 11.8 Å². The molecular weight excluding hydrogens is 932 g/mol. The van der Waals surface area contributed by atoms with Gasteiger partial charge in [-0.05, 0) is 89.1 Å². The Bertz CT molecular complexity index is 3320. The molecule has 6 aromatic heterocycles. The molecule has 1 aliphatic heterocycles. The van der Waals surface area contributed by atoms with Crippen LogP contribution in [0.1, 0.15) is 75.7 Å². The third kappa shape index (κ3) is 9.38. The maximum absolute atomic E-state index is 14.4. The van der Waals surface area contributed by atoms with Crippen LogP contribution in [0.15, 0.2) is 87.5 Å². The molecule has 2 amide bonds. The molecule has 1 aliphatic rings. The van der Waals surface area contributed by atoms with Gasteiger partial charge in [-0.2, -0.15) is 0 Å². The average Bonchev–Trinajstić information content (AvgIpc) is 4.05. The fourth-order valence-corrected chi connectivity index (χ4v) is 10.3. The summed E-state index contributed by atoms with van der Waals surface area (Å²) in [4.78, 5) is 56.8. The van der Waals surface area contributed by atoms with Crippen molar-refractivity contribution in [3.63, 3.8) is 0 Å². The zero-order valence-corrected chi connectivity index (χ0v) is 41.5. The van der Waals surface area contributed by atoms with Crippen LogP contribution in [0.3, 0.4) is 0 Å². The molecule has 7 heterocycles. The number of amides is 2. The molecule has 0 bridgehead atoms. The zero-order valence-electron chi connectivity index (χ0n) is 40.0. The molecular formula is C51H53ClN10O7S. The van der Waals surface area contributed by atoms with E-state index < -0.39 is 12.1 Å². The van der Waals surface area contributed by atoms with Crippen molar-refractivity contribution in [1.29, 1.82) is 0 Å². The van der Waals surface area contributed by atoms with E-state index in [1.54, 1.807) is 41.7 Å². The summed E-state index contributed by atoms with van der Waals surface area (Å²) in [5.41, 5.74) is 8.55. The number of hydrogen-bond acceptors (Lipinski definition) is 13. The number of thiophene rings is 1. The second kappa shape index (κ2) is 20.5. The predicted molar refractivity (Wildman–Crippen MR) is 269 cm³/mol. The number of aryl methyl sites for hydroxylation is 4. The van der Waals surface area contributed by atoms with Crippen LogP contribution >= 0.6 is 22.9 Å². The topological polar surface area (TPSA) is 195 Å². The Labute approximate surface area is 412 Å². The van der Waals surface area contributed by atoms with Crippen LogP contribution in [-0.4, -0.2) is 98.0 Å². The Hall–Kier alpha value is -6.99. The highest BCUT2D eigenvalue weighted by atomic mass is 35.5. The lowest BCUT2D eigenvalue weighted by Crippen LogP contribution is -2.35. The van der Waals surface area contributed by atoms with Gasteiger partial charge in [0.25, 0.3) is 0 Å². The van der Waals surface area contributed by atoms with Crippen molar-refractivity contribution in [2.24, 2.45) is 4.99 Å². The van der Waals surface area contributed by atoms with Gasteiger partial charge in [0.1, 0.15) is 34.9 Å². The Kier molecular flexibility index (Phi) is 14.1. The molecule has 2 N–H and O–H groups in total. The first-order chi connectivity index (χ1) is 33.8. The minimum Gasteiger partial charge on any atom is -0.496 e. The Morgan fingerprint density at radius 1 is 0.914 bits per heavy atom. The standard InChI is InChI=1S/C51H53ClN10O7S/c1-28-27-69-31(4)45(28)37-22-39-36(23-42(37)66-7)48-41(25-56-39)60(51(65)61(48)30(3)38-10-8-9-15-53-38)26-44(64)55-17-19-68-21-20-67-18-16-54-43(63)24-40-49-59-58-33(6)62(49)50-46(29(2)32(5)70-50)47(57-40)34-11-13-35(52)14-12-34/h8-15,22-23,25,27,30,40H,16-21,24,26H2,1-7H3,(H,54,63)(H,55,64)/t30-,40+/m1/s1. The number of carbonyl (C=O) groups excluding carboxylic acids is 2. The minimum absolute atomic E-state index is 0.0642. The fourth-order valence-electron chi connectivity index (χ4n) is 9.01. The molecule has 0 saturated carbocycles. The molecule has 0 unspecified atom stereocenters. The van der Waals surface area contributed by atoms with Gasteiger partial charge in [-0.3, -0.25) is 38.3 Å². The van der Waals surface area contributed by atoms with Crippen LogP contribution in [0.4, 0.5) is 0 Å². The third-order valence-electron chi connectivity index (χ3n) is 12.6. The Morgan fingerprint density at radius 3 is 2.34 bits per heavy atom. The molecule has 70 heavy (non-hydrogen) atoms. The predicted octanol–water partition coefficient (Wildman–Crippen LogP) is 7.71. The van der Waals surface area contributed by atoms with Crippen LogP contribution in [0.25, 0.3) is 38.1 Å². The quantitative estimate of drug-likeness (QED) is 0.0800. The van der Waals surface area contributed by atoms with Crippen molar-refractivity contribution in [3.8, 4) is 21.9 Å². The number of ether oxygens (including phenoxy) is 3. The number of furan rings is 1. The summed E-state index contributed by atoms with van der Waals surface area (Å²) in [7, 11) is 1.60. The first-order valence-electron chi connectivity index (χ1n) is 23.0. The van der Waals surface area contributed by atoms with Crippen LogP contribution in [0.5, 0.6) is 5.75 Å². The minimum atomic E-state index is -0.582. The molecule has 0 fully saturated rings. The number of nitrogens with zero attached hydrogens (tertiary/aromatic N) is 8. The van der Waals surface area contributed by atoms with Gasteiger partial charge in [-0.25, -0.2) is 4.79 Å². The van der Waals surface area contributed by atoms with Gasteiger partial charge in [-0.1, -0.05) is 29.8 Å². The summed E-state index contributed by atoms with van der Waals surface area (Å²) in [6.07, 6.45) is 5.09. The lowest BCUT2D eigenvalue weighted by atomic mass is 9.99. The highest BCUT2D eigenvalue weighted by Gasteiger charge is 2.33. The molecule has 17 nitrogen and oxygen atoms in total. The number of nitrogens with one attached hydrogen (secondary N) is 2. The van der Waals surface area contributed by atoms with E-state index in [9.17, 15) is 14.4 Å². The number of benzene rings is 2. The van der Waals surface area contributed by atoms with Crippen molar-refractivity contribution in [3.05, 3.63) is 139 Å². The maximum Gasteiger partial charge on any atom is 0.330 e. The summed E-state index contributed by atoms with van der Waals surface area (Å²) < 4.78 is 28.2. The maximum atomic E-state index is 14.4. The van der Waals surface area contributed by atoms with E-state index in [1.165, 1.54) is 9.44 Å². The second-order valence-corrected chi connectivity index (χ2v) is 18.8. The van der Waals surface area contributed by atoms with E-state index in [2.05, 4.69) is 39.7 Å². The number of halogens is 1. The van der Waals surface area contributed by atoms with Crippen LogP contribution in [0, 0.1) is 34.6 Å². The number of pyridine rings is 2. The molecule has 0 spiro atoms. The SMILES string of the molecule is COc1cc2c(cc1-c1c(C)coc1C)ncc1c2n([C@H](C)c2ccccn2)c(=O)n1CC(=O)NCCOCCOCCNC(=O)C[C@@H]1N=C(c2ccc(Cl)cc2)c2c(sc(C)c2C)-n2c(C)nnc21. The number of imidazole rings is 1. The van der Waals surface area contributed by atoms with Crippen molar-refractivity contribution >= 4 is 62.4 Å². The number of aliphatic imine (C=N–C) groups is 1. The highest BCUT2D eigenvalue weighted by molar-refractivity contribution is 7.15. The summed E-state index contributed by atoms with van der Waals surface area (Å²) in [6.45, 7) is 13.2. The fraction of sp³-hybridized carbons (Fsp3) is 0.333. The Morgan fingerprint density at radius 2 is 1.66 bits per heavy atom. The lowest BCUT2D eigenvalue weighted by molar-refractivity contribution is -0.122. The van der Waals surface area contributed by atoms with Gasteiger partial charge in [0, 0.05) is 56.8 Å². The average molecular weight is 986 g/mol. The van der Waals surface area contributed by atoms with Gasteiger partial charge < -0.3 is 29.3 Å². The van der Waals surface area contributed by atoms with Gasteiger partial charge in [0.05, 0.1) is 86.4 Å². The molecule has 362 valence electrons. The zero-order chi connectivity index (χ0) is 49.2. The summed E-state index contributed by atoms with van der Waals surface area (Å²) >= 11 is 7.90. The van der Waals surface area contributed by atoms with Crippen LogP contribution in [0.2, 0.25) is 5.02 Å². The third-order valence-corrected chi connectivity index (χ3v) is 14.0. The Balaban J connectivity index is 0.784. The summed E-state index contributed by atoms with van der Waals surface area (Å²) in [5.74, 6) is 2.10. The van der Waals surface area contributed by atoms with Crippen molar-refractivity contribution in [2.75, 3.05) is 46.6 Å². The largest absolute Gasteiger partial charge is 0.496 e. The first kappa shape index (κ1) is 48.1. The van der Waals surface area contributed by atoms with E-state index in [-0.39, 0.29) is 70.0 Å². The van der Waals surface area contributed by atoms with Gasteiger partial charge in [0.15, 0.2) is 5.82 Å². The van der Waals surface area contributed by atoms with E-state index in [4.69, 9.17) is 40.2 Å². The van der Waals surface area contributed by atoms with Crippen LogP contribution < -0.4 is 21.1 Å². The van der Waals surface area contributed by atoms with E-state index in [1.807, 2.05) is 86.9 Å². The monoisotopic (exact) mass is 984 g/mol. The smallest absolute Gasteiger partial charge is 0.330 e. The second-order valence-electron chi connectivity index (χ2n) is 17.1. The summed E-state index contributed by atoms with van der Waals surface area (Å²) in [6, 6.07) is 15.9. The van der Waals surface area contributed by atoms with Crippen molar-refractivity contribution in [1.82, 2.24) is 44.5 Å². The highest BCUT2D eigenvalue weighted by Crippen LogP contribution is 2.41. The van der Waals surface area contributed by atoms with E-state index in [0.717, 1.165) is 55.7 Å². The number of aromatic nitrogens is 7. The molecule has 2 atom stereocenters. The molecule has 0 saturated heterocycles. The molecule has 2 aromatic carbocycles. The summed E-state index contributed by atoms with van der Waals surface area (Å²) in [5, 5.41) is 17.0. The lowest BCUT2D eigenvalue weighted by Gasteiger charge is -2.15. The molecule has 0 aliphatic carbocycles. The van der Waals surface area contributed by atoms with Crippen molar-refractivity contribution in [2.45, 2.75) is 66.6 Å². The molecule has 9 rings (SSSR count). The number of hydrogen-bond donors (Lipinski definition) is 2. The number of carbonyl (C=O) groups is 2. The number of fused-ring (bicyclic) bond motifs is 6. The van der Waals surface area contributed by atoms with Crippen molar-refractivity contribution < 1.29 is 28.2 Å². The molecule has 0 radical (unpaired) electrons. The number of methoxy groups -OCH3 is 1. The van der Waals surface area contributed by atoms with Gasteiger partial charge in [-0.15, -0.1) is 21.5 Å². The van der Waals surface area contributed by atoms with E-state index in [0.29, 0.717) is 44.2 Å². The van der Waals surface area contributed by atoms with E-state index >= 15 is 0 Å². The van der Waals surface area contributed by atoms with Crippen LogP contribution in [-0.2, 0) is 25.6 Å². The first-order valence-corrected chi connectivity index (χ1v) is 24.2. The number of rotatable bonds is 18.